The van der Waals surface area contributed by atoms with Gasteiger partial charge in [0.25, 0.3) is 0 Å². The molecule has 0 radical (unpaired) electrons. The Kier molecular flexibility index (Phi) is 16.5. The molecule has 1 aliphatic rings. The molecule has 5 rings (SSSR count). The van der Waals surface area contributed by atoms with Gasteiger partial charge in [-0.05, 0) is 92.9 Å². The maximum absolute atomic E-state index is 14.6. The van der Waals surface area contributed by atoms with E-state index < -0.39 is 0 Å². The minimum absolute atomic E-state index is 0.306. The van der Waals surface area contributed by atoms with Crippen LogP contribution in [0.25, 0.3) is 29.3 Å². The molecule has 0 aromatic carbocycles. The molecule has 0 unspecified atom stereocenters. The summed E-state index contributed by atoms with van der Waals surface area (Å²) in [6.07, 6.45) is 28.7. The van der Waals surface area contributed by atoms with Crippen LogP contribution in [0.4, 0.5) is 0 Å². The van der Waals surface area contributed by atoms with Gasteiger partial charge in [-0.2, -0.15) is 0 Å². The standard InChI is InChI=1S/C41H54Br2OS4/c1-3-5-7-9-11-13-15-17-19-21-23-29-35-37(44)36-30(24-22-20-18-16-14-12-10-8-6-4-2)39(32-26-28-34(43)46-32)48-41(36)40(35)47-38(29)31-25-27-33(42)45-31/h25-28H,3-24H2,1-2H3. The molecule has 4 heterocycles. The Morgan fingerprint density at radius 3 is 1.08 bits per heavy atom. The molecule has 0 fully saturated rings. The predicted molar refractivity (Wildman–Crippen MR) is 224 cm³/mol. The van der Waals surface area contributed by atoms with E-state index in [0.29, 0.717) is 5.78 Å². The van der Waals surface area contributed by atoms with Crippen molar-refractivity contribution in [2.24, 2.45) is 0 Å². The molecule has 1 aliphatic carbocycles. The smallest absolute Gasteiger partial charge is 0.196 e. The van der Waals surface area contributed by atoms with Crippen molar-refractivity contribution in [1.29, 1.82) is 0 Å². The number of carbonyl (C=O) groups is 1. The number of carbonyl (C=O) groups excluding carboxylic acids is 1. The van der Waals surface area contributed by atoms with Gasteiger partial charge in [-0.25, -0.2) is 0 Å². The van der Waals surface area contributed by atoms with Crippen LogP contribution >= 0.6 is 77.2 Å². The first-order valence-electron chi connectivity index (χ1n) is 18.9. The van der Waals surface area contributed by atoms with Gasteiger partial charge in [-0.1, -0.05) is 129 Å². The van der Waals surface area contributed by atoms with Gasteiger partial charge in [0.05, 0.1) is 17.3 Å². The predicted octanol–water partition coefficient (Wildman–Crippen LogP) is 16.9. The van der Waals surface area contributed by atoms with Crippen LogP contribution in [-0.4, -0.2) is 5.78 Å². The fraction of sp³-hybridized carbons (Fsp3) is 0.585. The molecule has 0 amide bonds. The topological polar surface area (TPSA) is 17.1 Å². The molecule has 0 saturated heterocycles. The van der Waals surface area contributed by atoms with E-state index in [9.17, 15) is 4.79 Å². The molecule has 48 heavy (non-hydrogen) atoms. The lowest BCUT2D eigenvalue weighted by molar-refractivity contribution is 0.104. The molecule has 4 aromatic rings. The Morgan fingerprint density at radius 2 is 0.771 bits per heavy atom. The van der Waals surface area contributed by atoms with Gasteiger partial charge in [0.1, 0.15) is 0 Å². The summed E-state index contributed by atoms with van der Waals surface area (Å²) in [6, 6.07) is 8.79. The Morgan fingerprint density at radius 1 is 0.438 bits per heavy atom. The van der Waals surface area contributed by atoms with Gasteiger partial charge in [0, 0.05) is 30.6 Å². The summed E-state index contributed by atoms with van der Waals surface area (Å²) in [5.41, 5.74) is 4.73. The van der Waals surface area contributed by atoms with Gasteiger partial charge in [-0.3, -0.25) is 4.79 Å². The normalized spacial score (nSPS) is 12.4. The highest BCUT2D eigenvalue weighted by Gasteiger charge is 2.39. The summed E-state index contributed by atoms with van der Waals surface area (Å²) in [4.78, 5) is 22.3. The highest BCUT2D eigenvalue weighted by atomic mass is 79.9. The third-order valence-corrected chi connectivity index (χ3v) is 16.1. The maximum atomic E-state index is 14.6. The molecule has 0 aliphatic heterocycles. The zero-order valence-corrected chi connectivity index (χ0v) is 35.6. The summed E-state index contributed by atoms with van der Waals surface area (Å²) in [5.74, 6) is 0.306. The third-order valence-electron chi connectivity index (χ3n) is 9.83. The summed E-state index contributed by atoms with van der Waals surface area (Å²) >= 11 is 14.8. The Hall–Kier alpha value is -0.570. The zero-order valence-electron chi connectivity index (χ0n) is 29.2. The van der Waals surface area contributed by atoms with Crippen molar-refractivity contribution in [1.82, 2.24) is 0 Å². The fourth-order valence-electron chi connectivity index (χ4n) is 7.18. The van der Waals surface area contributed by atoms with E-state index in [2.05, 4.69) is 70.0 Å². The Labute approximate surface area is 323 Å². The first kappa shape index (κ1) is 38.7. The van der Waals surface area contributed by atoms with Gasteiger partial charge in [0.15, 0.2) is 5.78 Å². The number of ketones is 1. The van der Waals surface area contributed by atoms with Crippen LogP contribution in [0.1, 0.15) is 169 Å². The van der Waals surface area contributed by atoms with E-state index in [0.717, 1.165) is 31.5 Å². The first-order valence-corrected chi connectivity index (χ1v) is 23.8. The van der Waals surface area contributed by atoms with Gasteiger partial charge >= 0.3 is 0 Å². The minimum Gasteiger partial charge on any atom is -0.288 e. The largest absolute Gasteiger partial charge is 0.288 e. The quantitative estimate of drug-likeness (QED) is 0.0565. The van der Waals surface area contributed by atoms with Crippen LogP contribution in [0.2, 0.25) is 0 Å². The van der Waals surface area contributed by atoms with E-state index in [-0.39, 0.29) is 0 Å². The lowest BCUT2D eigenvalue weighted by Crippen LogP contribution is -2.03. The molecule has 7 heteroatoms. The minimum atomic E-state index is 0.306. The molecule has 1 nitrogen and oxygen atoms in total. The van der Waals surface area contributed by atoms with Crippen molar-refractivity contribution >= 4 is 83.0 Å². The van der Waals surface area contributed by atoms with Gasteiger partial charge in [0.2, 0.25) is 0 Å². The second-order valence-corrected chi connectivity index (χ2v) is 20.6. The number of thiophene rings is 4. The van der Waals surface area contributed by atoms with Crippen LogP contribution in [0, 0.1) is 0 Å². The van der Waals surface area contributed by atoms with E-state index in [1.54, 1.807) is 22.7 Å². The van der Waals surface area contributed by atoms with Gasteiger partial charge in [-0.15, -0.1) is 45.3 Å². The summed E-state index contributed by atoms with van der Waals surface area (Å²) in [5, 5.41) is 0. The second-order valence-electron chi connectivity index (χ2n) is 13.6. The monoisotopic (exact) mass is 848 g/mol. The van der Waals surface area contributed by atoms with Crippen molar-refractivity contribution in [3.8, 4) is 29.3 Å². The maximum Gasteiger partial charge on any atom is 0.196 e. The van der Waals surface area contributed by atoms with Crippen LogP contribution in [-0.2, 0) is 12.8 Å². The molecule has 0 atom stereocenters. The Bertz CT molecular complexity index is 1460. The first-order chi connectivity index (χ1) is 23.5. The Balaban J connectivity index is 1.29. The van der Waals surface area contributed by atoms with Crippen LogP contribution in [0.3, 0.4) is 0 Å². The lowest BCUT2D eigenvalue weighted by atomic mass is 9.95. The van der Waals surface area contributed by atoms with Crippen molar-refractivity contribution in [2.75, 3.05) is 0 Å². The van der Waals surface area contributed by atoms with Crippen molar-refractivity contribution in [2.45, 2.75) is 155 Å². The summed E-state index contributed by atoms with van der Waals surface area (Å²) in [6.45, 7) is 4.58. The number of fused-ring (bicyclic) bond motifs is 3. The van der Waals surface area contributed by atoms with E-state index in [1.807, 2.05) is 22.7 Å². The zero-order chi connectivity index (χ0) is 33.7. The third kappa shape index (κ3) is 10.3. The molecule has 0 spiro atoms. The number of rotatable bonds is 24. The summed E-state index contributed by atoms with van der Waals surface area (Å²) in [7, 11) is 0. The van der Waals surface area contributed by atoms with Crippen molar-refractivity contribution in [3.63, 3.8) is 0 Å². The SMILES string of the molecule is CCCCCCCCCCCCc1c(-c2ccc(Br)s2)sc2c1C(=O)c1c-2sc(-c2ccc(Br)s2)c1CCCCCCCCCCCC. The van der Waals surface area contributed by atoms with Crippen molar-refractivity contribution < 1.29 is 4.79 Å². The molecular weight excluding hydrogens is 797 g/mol. The molecule has 262 valence electrons. The number of halogens is 2. The van der Waals surface area contributed by atoms with Crippen LogP contribution in [0.15, 0.2) is 31.8 Å². The molecule has 0 N–H and O–H groups in total. The second kappa shape index (κ2) is 20.5. The highest BCUT2D eigenvalue weighted by molar-refractivity contribution is 9.11. The van der Waals surface area contributed by atoms with E-state index >= 15 is 0 Å². The van der Waals surface area contributed by atoms with Crippen LogP contribution < -0.4 is 0 Å². The molecule has 4 aromatic heterocycles. The molecular formula is C41H54Br2OS4. The number of hydrogen-bond acceptors (Lipinski definition) is 5. The lowest BCUT2D eigenvalue weighted by Gasteiger charge is -2.09. The van der Waals surface area contributed by atoms with E-state index in [4.69, 9.17) is 0 Å². The van der Waals surface area contributed by atoms with Gasteiger partial charge < -0.3 is 0 Å². The molecule has 0 saturated carbocycles. The fourth-order valence-corrected chi connectivity index (χ4v) is 13.1. The van der Waals surface area contributed by atoms with Crippen LogP contribution in [0.5, 0.6) is 0 Å². The highest BCUT2D eigenvalue weighted by Crippen LogP contribution is 2.56. The van der Waals surface area contributed by atoms with E-state index in [1.165, 1.54) is 169 Å². The summed E-state index contributed by atoms with van der Waals surface area (Å²) < 4.78 is 2.31. The molecule has 0 bridgehead atoms. The number of hydrogen-bond donors (Lipinski definition) is 0. The average molecular weight is 851 g/mol. The average Bonchev–Trinajstić information content (AvgIpc) is 3.90. The number of unbranched alkanes of at least 4 members (excludes halogenated alkanes) is 18. The van der Waals surface area contributed by atoms with Crippen molar-refractivity contribution in [3.05, 3.63) is 54.1 Å².